The molecule has 1 aromatic heterocycles. The number of pyridine rings is 1. The summed E-state index contributed by atoms with van der Waals surface area (Å²) in [6.07, 6.45) is 5.00. The zero-order valence-electron chi connectivity index (χ0n) is 7.69. The lowest BCUT2D eigenvalue weighted by atomic mass is 10.1. The number of hydrogen-bond acceptors (Lipinski definition) is 3. The van der Waals surface area contributed by atoms with Crippen molar-refractivity contribution in [2.45, 2.75) is 18.9 Å². The highest BCUT2D eigenvalue weighted by molar-refractivity contribution is 9.10. The summed E-state index contributed by atoms with van der Waals surface area (Å²) in [7, 11) is 0. The van der Waals surface area contributed by atoms with Gasteiger partial charge in [-0.1, -0.05) is 0 Å². The third-order valence-electron chi connectivity index (χ3n) is 1.83. The van der Waals surface area contributed by atoms with Crippen molar-refractivity contribution in [3.8, 4) is 0 Å². The fourth-order valence-electron chi connectivity index (χ4n) is 1.11. The Bertz CT molecular complexity index is 273. The quantitative estimate of drug-likeness (QED) is 0.888. The van der Waals surface area contributed by atoms with Gasteiger partial charge in [-0.3, -0.25) is 4.98 Å². The number of halogens is 2. The van der Waals surface area contributed by atoms with Gasteiger partial charge in [-0.15, -0.1) is 12.4 Å². The summed E-state index contributed by atoms with van der Waals surface area (Å²) in [4.78, 5) is 4.02. The van der Waals surface area contributed by atoms with E-state index >= 15 is 0 Å². The van der Waals surface area contributed by atoms with Gasteiger partial charge in [-0.05, 0) is 40.4 Å². The molecule has 0 unspecified atom stereocenters. The van der Waals surface area contributed by atoms with E-state index in [9.17, 15) is 0 Å². The predicted molar refractivity (Wildman–Crippen MR) is 62.4 cm³/mol. The highest BCUT2D eigenvalue weighted by atomic mass is 79.9. The van der Waals surface area contributed by atoms with Crippen LogP contribution in [0.1, 0.15) is 24.4 Å². The third kappa shape index (κ3) is 4.37. The first-order valence-electron chi connectivity index (χ1n) is 4.21. The molecule has 0 saturated carbocycles. The molecule has 1 rings (SSSR count). The minimum absolute atomic E-state index is 0. The average molecular weight is 282 g/mol. The second-order valence-corrected chi connectivity index (χ2v) is 3.82. The van der Waals surface area contributed by atoms with E-state index in [0.717, 1.165) is 22.9 Å². The van der Waals surface area contributed by atoms with E-state index in [1.807, 2.05) is 6.07 Å². The molecule has 0 fully saturated rings. The summed E-state index contributed by atoms with van der Waals surface area (Å²) in [5, 5.41) is 8.64. The Balaban J connectivity index is 0.00000169. The van der Waals surface area contributed by atoms with Crippen molar-refractivity contribution in [1.29, 1.82) is 0 Å². The van der Waals surface area contributed by atoms with Crippen molar-refractivity contribution in [3.63, 3.8) is 0 Å². The fraction of sp³-hybridized carbons (Fsp3) is 0.444. The molecule has 0 saturated heterocycles. The molecule has 0 radical (unpaired) electrons. The first-order chi connectivity index (χ1) is 6.24. The van der Waals surface area contributed by atoms with Crippen LogP contribution in [-0.4, -0.2) is 16.7 Å². The van der Waals surface area contributed by atoms with Crippen molar-refractivity contribution >= 4 is 28.3 Å². The van der Waals surface area contributed by atoms with Crippen molar-refractivity contribution in [2.24, 2.45) is 5.73 Å². The van der Waals surface area contributed by atoms with Crippen LogP contribution in [-0.2, 0) is 0 Å². The van der Waals surface area contributed by atoms with Crippen LogP contribution in [0.25, 0.3) is 0 Å². The molecule has 1 atom stereocenters. The van der Waals surface area contributed by atoms with Crippen molar-refractivity contribution in [1.82, 2.24) is 4.98 Å². The molecular formula is C9H14BrClN2O. The molecule has 0 aromatic carbocycles. The lowest BCUT2D eigenvalue weighted by Gasteiger charge is -2.10. The standard InChI is InChI=1S/C9H13BrN2O.ClH/c10-8-4-7(5-12-6-8)9(11)2-1-3-13;/h4-6,9,13H,1-3,11H2;1H/t9-;/m0./s1. The number of aliphatic hydroxyl groups excluding tert-OH is 1. The van der Waals surface area contributed by atoms with E-state index in [1.165, 1.54) is 0 Å². The molecule has 0 bridgehead atoms. The zero-order valence-corrected chi connectivity index (χ0v) is 10.1. The molecule has 0 aliphatic rings. The van der Waals surface area contributed by atoms with Gasteiger partial charge in [0.15, 0.2) is 0 Å². The van der Waals surface area contributed by atoms with Crippen LogP contribution >= 0.6 is 28.3 Å². The zero-order chi connectivity index (χ0) is 9.68. The van der Waals surface area contributed by atoms with Crippen LogP contribution in [0, 0.1) is 0 Å². The minimum atomic E-state index is -0.0304. The first kappa shape index (κ1) is 13.8. The van der Waals surface area contributed by atoms with Crippen LogP contribution in [0.5, 0.6) is 0 Å². The number of hydrogen-bond donors (Lipinski definition) is 2. The Labute approximate surface area is 98.3 Å². The summed E-state index contributed by atoms with van der Waals surface area (Å²) in [5.74, 6) is 0. The van der Waals surface area contributed by atoms with Gasteiger partial charge < -0.3 is 10.8 Å². The Morgan fingerprint density at radius 2 is 2.21 bits per heavy atom. The smallest absolute Gasteiger partial charge is 0.0431 e. The number of nitrogens with two attached hydrogens (primary N) is 1. The summed E-state index contributed by atoms with van der Waals surface area (Å²) in [6, 6.07) is 1.92. The summed E-state index contributed by atoms with van der Waals surface area (Å²) >= 11 is 3.33. The number of aromatic nitrogens is 1. The second kappa shape index (κ2) is 7.17. The van der Waals surface area contributed by atoms with Gasteiger partial charge in [-0.25, -0.2) is 0 Å². The van der Waals surface area contributed by atoms with Crippen molar-refractivity contribution in [3.05, 3.63) is 28.5 Å². The molecule has 0 amide bonds. The van der Waals surface area contributed by atoms with E-state index < -0.39 is 0 Å². The van der Waals surface area contributed by atoms with Crippen molar-refractivity contribution < 1.29 is 5.11 Å². The van der Waals surface area contributed by atoms with Crippen LogP contribution < -0.4 is 5.73 Å². The highest BCUT2D eigenvalue weighted by Crippen LogP contribution is 2.18. The van der Waals surface area contributed by atoms with Gasteiger partial charge in [-0.2, -0.15) is 0 Å². The monoisotopic (exact) mass is 280 g/mol. The van der Waals surface area contributed by atoms with Crippen LogP contribution in [0.3, 0.4) is 0 Å². The maximum Gasteiger partial charge on any atom is 0.0431 e. The normalized spacial score (nSPS) is 11.9. The topological polar surface area (TPSA) is 59.1 Å². The molecule has 5 heteroatoms. The molecule has 0 aliphatic heterocycles. The number of nitrogens with zero attached hydrogens (tertiary/aromatic N) is 1. The molecule has 0 aliphatic carbocycles. The molecule has 1 heterocycles. The number of aliphatic hydroxyl groups is 1. The summed E-state index contributed by atoms with van der Waals surface area (Å²) in [5.41, 5.74) is 6.88. The average Bonchev–Trinajstić information content (AvgIpc) is 2.14. The van der Waals surface area contributed by atoms with Crippen LogP contribution in [0.15, 0.2) is 22.9 Å². The molecule has 3 N–H and O–H groups in total. The van der Waals surface area contributed by atoms with E-state index in [1.54, 1.807) is 12.4 Å². The molecule has 0 spiro atoms. The Morgan fingerprint density at radius 3 is 2.79 bits per heavy atom. The lowest BCUT2D eigenvalue weighted by molar-refractivity contribution is 0.280. The highest BCUT2D eigenvalue weighted by Gasteiger charge is 2.05. The molecule has 1 aromatic rings. The van der Waals surface area contributed by atoms with Crippen molar-refractivity contribution in [2.75, 3.05) is 6.61 Å². The molecular weight excluding hydrogens is 267 g/mol. The molecule has 3 nitrogen and oxygen atoms in total. The summed E-state index contributed by atoms with van der Waals surface area (Å²) < 4.78 is 0.935. The SMILES string of the molecule is Cl.N[C@@H](CCCO)c1cncc(Br)c1. The van der Waals surface area contributed by atoms with E-state index in [2.05, 4.69) is 20.9 Å². The van der Waals surface area contributed by atoms with Crippen LogP contribution in [0.4, 0.5) is 0 Å². The Hall–Kier alpha value is -0.160. The fourth-order valence-corrected chi connectivity index (χ4v) is 1.49. The summed E-state index contributed by atoms with van der Waals surface area (Å²) in [6.45, 7) is 0.190. The number of rotatable bonds is 4. The van der Waals surface area contributed by atoms with Gasteiger partial charge in [0.2, 0.25) is 0 Å². The van der Waals surface area contributed by atoms with Gasteiger partial charge in [0.1, 0.15) is 0 Å². The maximum atomic E-state index is 8.64. The minimum Gasteiger partial charge on any atom is -0.396 e. The second-order valence-electron chi connectivity index (χ2n) is 2.91. The largest absolute Gasteiger partial charge is 0.396 e. The van der Waals surface area contributed by atoms with E-state index in [-0.39, 0.29) is 25.1 Å². The molecule has 14 heavy (non-hydrogen) atoms. The maximum absolute atomic E-state index is 8.64. The van der Waals surface area contributed by atoms with E-state index in [4.69, 9.17) is 10.8 Å². The van der Waals surface area contributed by atoms with E-state index in [0.29, 0.717) is 0 Å². The van der Waals surface area contributed by atoms with Crippen LogP contribution in [0.2, 0.25) is 0 Å². The van der Waals surface area contributed by atoms with Gasteiger partial charge in [0.05, 0.1) is 0 Å². The van der Waals surface area contributed by atoms with Gasteiger partial charge >= 0.3 is 0 Å². The molecule has 80 valence electrons. The Morgan fingerprint density at radius 1 is 1.50 bits per heavy atom. The Kier molecular flexibility index (Phi) is 7.09. The van der Waals surface area contributed by atoms with Gasteiger partial charge in [0.25, 0.3) is 0 Å². The first-order valence-corrected chi connectivity index (χ1v) is 5.00. The predicted octanol–water partition coefficient (Wildman–Crippen LogP) is 2.04. The van der Waals surface area contributed by atoms with Gasteiger partial charge in [0, 0.05) is 29.5 Å². The third-order valence-corrected chi connectivity index (χ3v) is 2.26. The lowest BCUT2D eigenvalue weighted by Crippen LogP contribution is -2.11.